The number of unbranched alkanes of at least 4 members (excludes halogenated alkanes) is 7. The van der Waals surface area contributed by atoms with Gasteiger partial charge in [0.1, 0.15) is 0 Å². The van der Waals surface area contributed by atoms with Crippen molar-refractivity contribution >= 4 is 5.71 Å². The summed E-state index contributed by atoms with van der Waals surface area (Å²) in [6.45, 7) is 4.12. The van der Waals surface area contributed by atoms with Crippen LogP contribution in [0, 0.1) is 0 Å². The van der Waals surface area contributed by atoms with Crippen molar-refractivity contribution in [3.05, 3.63) is 0 Å². The zero-order valence-corrected chi connectivity index (χ0v) is 9.76. The van der Waals surface area contributed by atoms with Crippen LogP contribution in [0.15, 0.2) is 5.16 Å². The molecule has 0 aliphatic carbocycles. The van der Waals surface area contributed by atoms with E-state index in [9.17, 15) is 0 Å². The first-order valence-corrected chi connectivity index (χ1v) is 5.98. The third-order valence-electron chi connectivity index (χ3n) is 2.56. The van der Waals surface area contributed by atoms with Crippen LogP contribution in [0.2, 0.25) is 0 Å². The molecular formula is C12H25NO. The largest absolute Gasteiger partial charge is 0.411 e. The number of oxime groups is 1. The van der Waals surface area contributed by atoms with E-state index < -0.39 is 0 Å². The molecule has 84 valence electrons. The van der Waals surface area contributed by atoms with Crippen molar-refractivity contribution in [1.29, 1.82) is 0 Å². The predicted molar refractivity (Wildman–Crippen MR) is 62.1 cm³/mol. The SMILES string of the molecule is CCCCCCCCCC/C(C)=N/O. The van der Waals surface area contributed by atoms with Crippen LogP contribution in [0.5, 0.6) is 0 Å². The molecule has 0 saturated carbocycles. The molecule has 0 unspecified atom stereocenters. The van der Waals surface area contributed by atoms with Gasteiger partial charge in [-0.15, -0.1) is 0 Å². The van der Waals surface area contributed by atoms with E-state index in [4.69, 9.17) is 5.21 Å². The highest BCUT2D eigenvalue weighted by atomic mass is 16.4. The van der Waals surface area contributed by atoms with Crippen molar-refractivity contribution in [2.75, 3.05) is 0 Å². The molecule has 0 bridgehead atoms. The second-order valence-electron chi connectivity index (χ2n) is 4.06. The average Bonchev–Trinajstić information content (AvgIpc) is 2.21. The summed E-state index contributed by atoms with van der Waals surface area (Å²) in [5.41, 5.74) is 0.857. The summed E-state index contributed by atoms with van der Waals surface area (Å²) in [6, 6.07) is 0. The molecule has 2 heteroatoms. The van der Waals surface area contributed by atoms with E-state index in [-0.39, 0.29) is 0 Å². The lowest BCUT2D eigenvalue weighted by Gasteiger charge is -2.00. The lowest BCUT2D eigenvalue weighted by molar-refractivity contribution is 0.317. The number of hydrogen-bond donors (Lipinski definition) is 1. The molecule has 0 saturated heterocycles. The minimum absolute atomic E-state index is 0.857. The van der Waals surface area contributed by atoms with E-state index in [1.807, 2.05) is 6.92 Å². The van der Waals surface area contributed by atoms with Gasteiger partial charge in [0.2, 0.25) is 0 Å². The van der Waals surface area contributed by atoms with Crippen molar-refractivity contribution in [2.45, 2.75) is 71.6 Å². The Morgan fingerprint density at radius 2 is 1.43 bits per heavy atom. The molecular weight excluding hydrogens is 174 g/mol. The molecule has 0 amide bonds. The average molecular weight is 199 g/mol. The van der Waals surface area contributed by atoms with Gasteiger partial charge in [0.25, 0.3) is 0 Å². The van der Waals surface area contributed by atoms with Gasteiger partial charge in [-0.1, -0.05) is 57.0 Å². The molecule has 0 heterocycles. The molecule has 0 aliphatic heterocycles. The maximum Gasteiger partial charge on any atom is 0.0540 e. The van der Waals surface area contributed by atoms with Crippen LogP contribution in [0.3, 0.4) is 0 Å². The molecule has 0 rings (SSSR count). The highest BCUT2D eigenvalue weighted by molar-refractivity contribution is 5.81. The summed E-state index contributed by atoms with van der Waals surface area (Å²) in [7, 11) is 0. The Morgan fingerprint density at radius 1 is 0.929 bits per heavy atom. The molecule has 0 aliphatic rings. The van der Waals surface area contributed by atoms with Crippen molar-refractivity contribution in [3.8, 4) is 0 Å². The molecule has 0 spiro atoms. The van der Waals surface area contributed by atoms with Gasteiger partial charge in [-0.2, -0.15) is 0 Å². The zero-order valence-electron chi connectivity index (χ0n) is 9.76. The van der Waals surface area contributed by atoms with Crippen LogP contribution in [0.4, 0.5) is 0 Å². The van der Waals surface area contributed by atoms with Crippen LogP contribution in [-0.4, -0.2) is 10.9 Å². The minimum atomic E-state index is 0.857. The van der Waals surface area contributed by atoms with Crippen LogP contribution in [0.1, 0.15) is 71.6 Å². The molecule has 2 nitrogen and oxygen atoms in total. The Hall–Kier alpha value is -0.530. The summed E-state index contributed by atoms with van der Waals surface area (Å²) in [6.07, 6.45) is 11.6. The van der Waals surface area contributed by atoms with E-state index in [0.717, 1.165) is 12.1 Å². The molecule has 0 atom stereocenters. The number of hydrogen-bond acceptors (Lipinski definition) is 2. The molecule has 0 fully saturated rings. The van der Waals surface area contributed by atoms with Crippen LogP contribution >= 0.6 is 0 Å². The van der Waals surface area contributed by atoms with Crippen LogP contribution < -0.4 is 0 Å². The predicted octanol–water partition coefficient (Wildman–Crippen LogP) is 4.37. The maximum absolute atomic E-state index is 8.42. The first-order chi connectivity index (χ1) is 6.81. The molecule has 1 N–H and O–H groups in total. The quantitative estimate of drug-likeness (QED) is 0.254. The van der Waals surface area contributed by atoms with Crippen molar-refractivity contribution in [3.63, 3.8) is 0 Å². The van der Waals surface area contributed by atoms with E-state index >= 15 is 0 Å². The van der Waals surface area contributed by atoms with Gasteiger partial charge in [0, 0.05) is 0 Å². The topological polar surface area (TPSA) is 32.6 Å². The third-order valence-corrected chi connectivity index (χ3v) is 2.56. The van der Waals surface area contributed by atoms with Crippen molar-refractivity contribution < 1.29 is 5.21 Å². The monoisotopic (exact) mass is 199 g/mol. The number of nitrogens with zero attached hydrogens (tertiary/aromatic N) is 1. The van der Waals surface area contributed by atoms with E-state index in [1.165, 1.54) is 51.4 Å². The summed E-state index contributed by atoms with van der Waals surface area (Å²) >= 11 is 0. The molecule has 14 heavy (non-hydrogen) atoms. The fourth-order valence-electron chi connectivity index (χ4n) is 1.56. The summed E-state index contributed by atoms with van der Waals surface area (Å²) in [5, 5.41) is 11.6. The van der Waals surface area contributed by atoms with E-state index in [2.05, 4.69) is 12.1 Å². The lowest BCUT2D eigenvalue weighted by Crippen LogP contribution is -1.90. The highest BCUT2D eigenvalue weighted by Gasteiger charge is 1.93. The zero-order chi connectivity index (χ0) is 10.6. The van der Waals surface area contributed by atoms with E-state index in [1.54, 1.807) is 0 Å². The lowest BCUT2D eigenvalue weighted by atomic mass is 10.1. The molecule has 0 radical (unpaired) electrons. The maximum atomic E-state index is 8.42. The summed E-state index contributed by atoms with van der Waals surface area (Å²) in [4.78, 5) is 0. The fraction of sp³-hybridized carbons (Fsp3) is 0.917. The van der Waals surface area contributed by atoms with Crippen LogP contribution in [-0.2, 0) is 0 Å². The van der Waals surface area contributed by atoms with Crippen molar-refractivity contribution in [2.24, 2.45) is 5.16 Å². The van der Waals surface area contributed by atoms with Gasteiger partial charge in [0.15, 0.2) is 0 Å². The normalized spacial score (nSPS) is 12.0. The Morgan fingerprint density at radius 3 is 1.93 bits per heavy atom. The minimum Gasteiger partial charge on any atom is -0.411 e. The van der Waals surface area contributed by atoms with Gasteiger partial charge in [-0.25, -0.2) is 0 Å². The number of rotatable bonds is 9. The van der Waals surface area contributed by atoms with Gasteiger partial charge < -0.3 is 5.21 Å². The Bertz CT molecular complexity index is 143. The standard InChI is InChI=1S/C12H25NO/c1-3-4-5-6-7-8-9-10-11-12(2)13-14/h14H,3-11H2,1-2H3/b13-12+. The Labute approximate surface area is 88.4 Å². The Kier molecular flexibility index (Phi) is 10.2. The summed E-state index contributed by atoms with van der Waals surface area (Å²) < 4.78 is 0. The second-order valence-corrected chi connectivity index (χ2v) is 4.06. The molecule has 0 aromatic rings. The first-order valence-electron chi connectivity index (χ1n) is 5.98. The second kappa shape index (κ2) is 10.6. The summed E-state index contributed by atoms with van der Waals surface area (Å²) in [5.74, 6) is 0. The highest BCUT2D eigenvalue weighted by Crippen LogP contribution is 2.09. The fourth-order valence-corrected chi connectivity index (χ4v) is 1.56. The Balaban J connectivity index is 2.99. The third kappa shape index (κ3) is 9.56. The first kappa shape index (κ1) is 13.5. The van der Waals surface area contributed by atoms with E-state index in [0.29, 0.717) is 0 Å². The van der Waals surface area contributed by atoms with Crippen LogP contribution in [0.25, 0.3) is 0 Å². The molecule has 0 aromatic heterocycles. The smallest absolute Gasteiger partial charge is 0.0540 e. The van der Waals surface area contributed by atoms with Gasteiger partial charge in [0.05, 0.1) is 5.71 Å². The van der Waals surface area contributed by atoms with Gasteiger partial charge in [-0.05, 0) is 19.8 Å². The van der Waals surface area contributed by atoms with Gasteiger partial charge in [-0.3, -0.25) is 0 Å². The van der Waals surface area contributed by atoms with Crippen molar-refractivity contribution in [1.82, 2.24) is 0 Å². The molecule has 0 aromatic carbocycles. The van der Waals surface area contributed by atoms with Gasteiger partial charge >= 0.3 is 0 Å².